The number of nitrogens with zero attached hydrogens (tertiary/aromatic N) is 2. The topological polar surface area (TPSA) is 74.8 Å². The lowest BCUT2D eigenvalue weighted by atomic mass is 10.2. The van der Waals surface area contributed by atoms with E-state index in [2.05, 4.69) is 0 Å². The molecular weight excluding hydrogens is 443 g/mol. The third-order valence-electron chi connectivity index (χ3n) is 4.49. The number of carbonyl (C=O) groups excluding carboxylic acids is 1. The number of amides is 1. The number of benzene rings is 2. The molecule has 1 saturated heterocycles. The van der Waals surface area contributed by atoms with E-state index in [-0.39, 0.29) is 47.0 Å². The van der Waals surface area contributed by atoms with Crippen molar-refractivity contribution in [3.05, 3.63) is 58.1 Å². The number of halogens is 2. The van der Waals surface area contributed by atoms with Crippen LogP contribution in [0.2, 0.25) is 10.0 Å². The second-order valence-electron chi connectivity index (χ2n) is 6.25. The first-order chi connectivity index (χ1) is 13.2. The summed E-state index contributed by atoms with van der Waals surface area (Å²) in [6.07, 6.45) is 1.57. The van der Waals surface area contributed by atoms with Crippen LogP contribution in [0.5, 0.6) is 0 Å². The molecule has 0 N–H and O–H groups in total. The maximum Gasteiger partial charge on any atom is 0.253 e. The fraction of sp³-hybridized carbons (Fsp3) is 0.278. The first kappa shape index (κ1) is 21.3. The second kappa shape index (κ2) is 8.51. The summed E-state index contributed by atoms with van der Waals surface area (Å²) in [5.41, 5.74) is 0.481. The molecule has 1 fully saturated rings. The molecule has 2 aromatic rings. The molecule has 150 valence electrons. The van der Waals surface area contributed by atoms with Gasteiger partial charge in [0.15, 0.2) is 0 Å². The summed E-state index contributed by atoms with van der Waals surface area (Å²) in [7, 11) is -4.82. The average Bonchev–Trinajstić information content (AvgIpc) is 2.69. The largest absolute Gasteiger partial charge is 0.336 e. The van der Waals surface area contributed by atoms with Gasteiger partial charge >= 0.3 is 0 Å². The van der Waals surface area contributed by atoms with Crippen molar-refractivity contribution in [2.24, 2.45) is 0 Å². The molecule has 1 aliphatic heterocycles. The molecule has 1 atom stereocenters. The predicted octanol–water partition coefficient (Wildman–Crippen LogP) is 2.88. The molecule has 1 amide bonds. The summed E-state index contributed by atoms with van der Waals surface area (Å²) >= 11 is 11.8. The number of hydrogen-bond donors (Lipinski definition) is 0. The van der Waals surface area contributed by atoms with Crippen molar-refractivity contribution in [1.29, 1.82) is 0 Å². The van der Waals surface area contributed by atoms with Gasteiger partial charge in [-0.25, -0.2) is 8.42 Å². The molecular formula is C18H18Cl2N2O4S2. The van der Waals surface area contributed by atoms with Crippen molar-refractivity contribution >= 4 is 49.9 Å². The molecule has 0 bridgehead atoms. The van der Waals surface area contributed by atoms with Crippen LogP contribution in [-0.4, -0.2) is 60.2 Å². The zero-order chi connectivity index (χ0) is 20.5. The summed E-state index contributed by atoms with van der Waals surface area (Å²) in [6.45, 7) is 0.929. The standard InChI is InChI=1S/C18H18Cl2N2O4S2/c1-27(24)14-4-2-13(3-5-14)18(23)21-8-10-22(11-9-21)28(25,26)15-6-7-16(19)17(20)12-15/h2-7,12H,8-11H2,1H3. The van der Waals surface area contributed by atoms with Gasteiger partial charge < -0.3 is 4.90 Å². The van der Waals surface area contributed by atoms with Crippen LogP contribution in [0.4, 0.5) is 0 Å². The Kier molecular flexibility index (Phi) is 6.46. The number of rotatable bonds is 4. The molecule has 0 radical (unpaired) electrons. The third kappa shape index (κ3) is 4.41. The molecule has 3 rings (SSSR count). The van der Waals surface area contributed by atoms with Gasteiger partial charge in [0.2, 0.25) is 10.0 Å². The minimum absolute atomic E-state index is 0.0739. The maximum atomic E-state index is 12.8. The highest BCUT2D eigenvalue weighted by molar-refractivity contribution is 7.89. The molecule has 0 aromatic heterocycles. The van der Waals surface area contributed by atoms with Gasteiger partial charge in [-0.3, -0.25) is 9.00 Å². The molecule has 10 heteroatoms. The number of carbonyl (C=O) groups is 1. The summed E-state index contributed by atoms with van der Waals surface area (Å²) < 4.78 is 38.4. The van der Waals surface area contributed by atoms with E-state index in [0.717, 1.165) is 0 Å². The summed E-state index contributed by atoms with van der Waals surface area (Å²) in [5.74, 6) is -0.181. The van der Waals surface area contributed by atoms with Gasteiger partial charge in [0.05, 0.1) is 14.9 Å². The SMILES string of the molecule is CS(=O)c1ccc(C(=O)N2CCN(S(=O)(=O)c3ccc(Cl)c(Cl)c3)CC2)cc1. The number of piperazine rings is 1. The summed E-state index contributed by atoms with van der Waals surface area (Å²) in [6, 6.07) is 10.8. The van der Waals surface area contributed by atoms with Crippen LogP contribution in [0.1, 0.15) is 10.4 Å². The molecule has 1 heterocycles. The first-order valence-electron chi connectivity index (χ1n) is 8.38. The molecule has 0 saturated carbocycles. The van der Waals surface area contributed by atoms with Crippen LogP contribution in [0.3, 0.4) is 0 Å². The van der Waals surface area contributed by atoms with E-state index in [1.54, 1.807) is 35.4 Å². The van der Waals surface area contributed by atoms with Crippen molar-refractivity contribution in [2.75, 3.05) is 32.4 Å². The Bertz CT molecular complexity index is 1020. The molecule has 1 aliphatic rings. The predicted molar refractivity (Wildman–Crippen MR) is 110 cm³/mol. The minimum Gasteiger partial charge on any atom is -0.336 e. The Labute approximate surface area is 176 Å². The molecule has 2 aromatic carbocycles. The van der Waals surface area contributed by atoms with Crippen LogP contribution >= 0.6 is 23.2 Å². The van der Waals surface area contributed by atoms with Gasteiger partial charge in [-0.15, -0.1) is 0 Å². The third-order valence-corrected chi connectivity index (χ3v) is 8.06. The monoisotopic (exact) mass is 460 g/mol. The van der Waals surface area contributed by atoms with Crippen LogP contribution < -0.4 is 0 Å². The van der Waals surface area contributed by atoms with Gasteiger partial charge in [-0.2, -0.15) is 4.31 Å². The highest BCUT2D eigenvalue weighted by atomic mass is 35.5. The van der Waals surface area contributed by atoms with Crippen molar-refractivity contribution in [1.82, 2.24) is 9.21 Å². The quantitative estimate of drug-likeness (QED) is 0.702. The minimum atomic E-state index is -3.71. The molecule has 1 unspecified atom stereocenters. The van der Waals surface area contributed by atoms with Gasteiger partial charge in [0.1, 0.15) is 0 Å². The van der Waals surface area contributed by atoms with Crippen molar-refractivity contribution < 1.29 is 17.4 Å². The molecule has 0 aliphatic carbocycles. The van der Waals surface area contributed by atoms with E-state index < -0.39 is 20.8 Å². The zero-order valence-electron chi connectivity index (χ0n) is 15.0. The van der Waals surface area contributed by atoms with Gasteiger partial charge in [-0.1, -0.05) is 23.2 Å². The van der Waals surface area contributed by atoms with Gasteiger partial charge in [0, 0.05) is 53.7 Å². The number of hydrogen-bond acceptors (Lipinski definition) is 4. The second-order valence-corrected chi connectivity index (χ2v) is 10.4. The van der Waals surface area contributed by atoms with Gasteiger partial charge in [-0.05, 0) is 42.5 Å². The Hall–Kier alpha value is -1.45. The lowest BCUT2D eigenvalue weighted by Gasteiger charge is -2.34. The normalized spacial score (nSPS) is 16.8. The van der Waals surface area contributed by atoms with E-state index in [1.165, 1.54) is 22.5 Å². The number of sulfonamides is 1. The Balaban J connectivity index is 1.68. The van der Waals surface area contributed by atoms with Crippen LogP contribution in [0.15, 0.2) is 52.3 Å². The van der Waals surface area contributed by atoms with E-state index in [4.69, 9.17) is 23.2 Å². The average molecular weight is 461 g/mol. The molecule has 0 spiro atoms. The summed E-state index contributed by atoms with van der Waals surface area (Å²) in [4.78, 5) is 15.0. The van der Waals surface area contributed by atoms with Crippen molar-refractivity contribution in [3.63, 3.8) is 0 Å². The summed E-state index contributed by atoms with van der Waals surface area (Å²) in [5, 5.41) is 0.460. The lowest BCUT2D eigenvalue weighted by molar-refractivity contribution is 0.0698. The molecule has 28 heavy (non-hydrogen) atoms. The fourth-order valence-corrected chi connectivity index (χ4v) is 5.22. The highest BCUT2D eigenvalue weighted by Crippen LogP contribution is 2.27. The van der Waals surface area contributed by atoms with E-state index in [1.807, 2.05) is 0 Å². The Morgan fingerprint density at radius 3 is 2.11 bits per heavy atom. The van der Waals surface area contributed by atoms with Crippen LogP contribution in [0.25, 0.3) is 0 Å². The van der Waals surface area contributed by atoms with Crippen molar-refractivity contribution in [2.45, 2.75) is 9.79 Å². The zero-order valence-corrected chi connectivity index (χ0v) is 18.1. The van der Waals surface area contributed by atoms with Gasteiger partial charge in [0.25, 0.3) is 5.91 Å². The van der Waals surface area contributed by atoms with E-state index >= 15 is 0 Å². The smallest absolute Gasteiger partial charge is 0.253 e. The van der Waals surface area contributed by atoms with Crippen LogP contribution in [-0.2, 0) is 20.8 Å². The fourth-order valence-electron chi connectivity index (χ4n) is 2.89. The van der Waals surface area contributed by atoms with Crippen LogP contribution in [0, 0.1) is 0 Å². The first-order valence-corrected chi connectivity index (χ1v) is 12.1. The van der Waals surface area contributed by atoms with E-state index in [9.17, 15) is 17.4 Å². The Morgan fingerprint density at radius 2 is 1.57 bits per heavy atom. The Morgan fingerprint density at radius 1 is 0.964 bits per heavy atom. The maximum absolute atomic E-state index is 12.8. The lowest BCUT2D eigenvalue weighted by Crippen LogP contribution is -2.50. The van der Waals surface area contributed by atoms with Crippen molar-refractivity contribution in [3.8, 4) is 0 Å². The highest BCUT2D eigenvalue weighted by Gasteiger charge is 2.30. The molecule has 6 nitrogen and oxygen atoms in total. The van der Waals surface area contributed by atoms with E-state index in [0.29, 0.717) is 10.5 Å².